The molecule has 0 aliphatic heterocycles. The minimum atomic E-state index is -1.69. The van der Waals surface area contributed by atoms with Crippen LogP contribution in [0.25, 0.3) is 0 Å². The lowest BCUT2D eigenvalue weighted by atomic mass is 10.0. The van der Waals surface area contributed by atoms with Crippen LogP contribution in [0.2, 0.25) is 0 Å². The number of rotatable bonds is 11. The summed E-state index contributed by atoms with van der Waals surface area (Å²) in [6, 6.07) is 6.50. The van der Waals surface area contributed by atoms with Crippen molar-refractivity contribution in [3.8, 4) is 46.0 Å². The van der Waals surface area contributed by atoms with Gasteiger partial charge in [-0.3, -0.25) is 9.59 Å². The van der Waals surface area contributed by atoms with Gasteiger partial charge in [-0.15, -0.1) is 0 Å². The van der Waals surface area contributed by atoms with E-state index in [4.69, 9.17) is 10.2 Å². The smallest absolute Gasteiger partial charge is 0.339 e. The zero-order chi connectivity index (χ0) is 39.9. The van der Waals surface area contributed by atoms with Crippen LogP contribution in [0.15, 0.2) is 60.7 Å². The first-order valence-electron chi connectivity index (χ1n) is 14.4. The zero-order valence-corrected chi connectivity index (χ0v) is 26.5. The number of phenolic OH excluding ortho intramolecular Hbond substituents is 6. The molecule has 4 rings (SSSR count). The monoisotopic (exact) mass is 740 g/mol. The molecule has 0 spiro atoms. The summed E-state index contributed by atoms with van der Waals surface area (Å²) in [4.78, 5) is 69.5. The maximum Gasteiger partial charge on any atom is 0.339 e. The van der Waals surface area contributed by atoms with Gasteiger partial charge in [0, 0.05) is 6.42 Å². The molecule has 0 radical (unpaired) electrons. The summed E-state index contributed by atoms with van der Waals surface area (Å²) in [7, 11) is 0. The Hall–Kier alpha value is -7.90. The van der Waals surface area contributed by atoms with E-state index in [0.29, 0.717) is 0 Å². The maximum atomic E-state index is 12.3. The van der Waals surface area contributed by atoms with Crippen molar-refractivity contribution in [1.29, 1.82) is 0 Å². The van der Waals surface area contributed by atoms with Gasteiger partial charge in [0.2, 0.25) is 0 Å². The Labute approximate surface area is 294 Å². The van der Waals surface area contributed by atoms with E-state index in [-0.39, 0.29) is 17.5 Å². The van der Waals surface area contributed by atoms with Crippen LogP contribution in [0.5, 0.6) is 46.0 Å². The van der Waals surface area contributed by atoms with Crippen molar-refractivity contribution in [2.45, 2.75) is 18.5 Å². The van der Waals surface area contributed by atoms with Crippen molar-refractivity contribution in [3.05, 3.63) is 94.0 Å². The summed E-state index contributed by atoms with van der Waals surface area (Å²) in [5.41, 5.74) is -2.56. The third-order valence-corrected chi connectivity index (χ3v) is 7.08. The predicted octanol–water partition coefficient (Wildman–Crippen LogP) is 1.40. The number of hydrogen-bond donors (Lipinski definition) is 14. The molecule has 0 aliphatic rings. The average Bonchev–Trinajstić information content (AvgIpc) is 3.07. The first kappa shape index (κ1) is 39.5. The molecule has 20 heteroatoms. The van der Waals surface area contributed by atoms with Crippen molar-refractivity contribution < 1.29 is 90.0 Å². The van der Waals surface area contributed by atoms with Gasteiger partial charge in [0.1, 0.15) is 40.2 Å². The quantitative estimate of drug-likeness (QED) is 0.0763. The Balaban J connectivity index is 0.000000286. The van der Waals surface area contributed by atoms with Gasteiger partial charge in [0.25, 0.3) is 11.8 Å². The van der Waals surface area contributed by atoms with Crippen LogP contribution in [0.4, 0.5) is 0 Å². The van der Waals surface area contributed by atoms with Gasteiger partial charge in [0.05, 0.1) is 11.1 Å². The Morgan fingerprint density at radius 1 is 0.491 bits per heavy atom. The largest absolute Gasteiger partial charge is 0.508 e. The normalized spacial score (nSPS) is 11.5. The molecule has 0 saturated carbocycles. The van der Waals surface area contributed by atoms with Gasteiger partial charge in [-0.1, -0.05) is 12.1 Å². The molecule has 278 valence electrons. The van der Waals surface area contributed by atoms with Crippen LogP contribution in [0.3, 0.4) is 0 Å². The third kappa shape index (κ3) is 9.63. The highest BCUT2D eigenvalue weighted by atomic mass is 16.4. The molecule has 20 nitrogen and oxygen atoms in total. The lowest BCUT2D eigenvalue weighted by molar-refractivity contribution is -0.140. The van der Waals surface area contributed by atoms with Crippen molar-refractivity contribution in [3.63, 3.8) is 0 Å². The Bertz CT molecular complexity index is 2130. The number of aromatic carboxylic acids is 2. The van der Waals surface area contributed by atoms with E-state index in [0.717, 1.165) is 54.6 Å². The molecular formula is C33H28N2O18. The first-order valence-corrected chi connectivity index (χ1v) is 14.4. The van der Waals surface area contributed by atoms with Crippen LogP contribution in [-0.2, 0) is 16.0 Å². The molecule has 0 bridgehead atoms. The molecule has 4 aromatic carbocycles. The van der Waals surface area contributed by atoms with Crippen LogP contribution < -0.4 is 10.6 Å². The van der Waals surface area contributed by atoms with Gasteiger partial charge in [0.15, 0.2) is 29.0 Å². The number of benzene rings is 4. The third-order valence-electron chi connectivity index (χ3n) is 7.08. The number of nitrogens with one attached hydrogen (secondary N) is 2. The van der Waals surface area contributed by atoms with Crippen LogP contribution in [0.1, 0.15) is 58.6 Å². The van der Waals surface area contributed by atoms with E-state index in [2.05, 4.69) is 5.32 Å². The summed E-state index contributed by atoms with van der Waals surface area (Å²) >= 11 is 0. The zero-order valence-electron chi connectivity index (χ0n) is 26.5. The Morgan fingerprint density at radius 3 is 1.34 bits per heavy atom. The number of carboxylic acids is 4. The van der Waals surface area contributed by atoms with Crippen molar-refractivity contribution in [2.24, 2.45) is 0 Å². The SMILES string of the molecule is O=C(O)c1cc(O)cc(C(=O)NC(C(=O)O)c2ccc(O)c(O)c2)c1O.O=C(O)c1cc(O)cc(C(=O)NC(Cc2ccc(O)c(O)c2)C(=O)O)c1O. The second kappa shape index (κ2) is 16.2. The first-order chi connectivity index (χ1) is 24.7. The van der Waals surface area contributed by atoms with Gasteiger partial charge >= 0.3 is 23.9 Å². The van der Waals surface area contributed by atoms with E-state index >= 15 is 0 Å². The van der Waals surface area contributed by atoms with Gasteiger partial charge in [-0.25, -0.2) is 19.2 Å². The second-order valence-corrected chi connectivity index (χ2v) is 10.8. The molecule has 4 aromatic rings. The Morgan fingerprint density at radius 2 is 0.925 bits per heavy atom. The minimum absolute atomic E-state index is 0.0979. The standard InChI is InChI=1S/C17H15NO9.C16H13NO9/c19-8-5-9(14(22)10(6-8)16(24)25)15(23)18-11(17(26)27)3-7-1-2-12(20)13(21)4-7;18-7-4-8(13(21)9(5-7)15(23)24)14(22)17-12(16(25)26)6-1-2-10(19)11(20)3-6/h1-2,4-6,11,19-22H,3H2,(H,18,23)(H,24,25)(H,26,27);1-5,12,18-21H,(H,17,22)(H,23,24)(H,25,26). The van der Waals surface area contributed by atoms with E-state index in [1.807, 2.05) is 5.32 Å². The fourth-order valence-electron chi connectivity index (χ4n) is 4.49. The van der Waals surface area contributed by atoms with E-state index in [9.17, 15) is 79.8 Å². The minimum Gasteiger partial charge on any atom is -0.508 e. The van der Waals surface area contributed by atoms with Gasteiger partial charge < -0.3 is 71.9 Å². The predicted molar refractivity (Wildman–Crippen MR) is 173 cm³/mol. The van der Waals surface area contributed by atoms with E-state index in [1.165, 1.54) is 6.07 Å². The number of amides is 2. The number of aromatic hydroxyl groups is 8. The van der Waals surface area contributed by atoms with Crippen molar-refractivity contribution in [1.82, 2.24) is 10.6 Å². The molecule has 2 amide bonds. The number of aliphatic carboxylic acids is 2. The molecular weight excluding hydrogens is 712 g/mol. The van der Waals surface area contributed by atoms with E-state index in [1.54, 1.807) is 0 Å². The number of carbonyl (C=O) groups excluding carboxylic acids is 2. The second-order valence-electron chi connectivity index (χ2n) is 10.8. The molecule has 14 N–H and O–H groups in total. The summed E-state index contributed by atoms with van der Waals surface area (Å²) in [5, 5.41) is 117. The summed E-state index contributed by atoms with van der Waals surface area (Å²) in [6.07, 6.45) is -0.278. The molecule has 53 heavy (non-hydrogen) atoms. The summed E-state index contributed by atoms with van der Waals surface area (Å²) < 4.78 is 0. The molecule has 0 heterocycles. The lowest BCUT2D eigenvalue weighted by Gasteiger charge is -2.16. The van der Waals surface area contributed by atoms with Crippen LogP contribution >= 0.6 is 0 Å². The van der Waals surface area contributed by atoms with Gasteiger partial charge in [-0.2, -0.15) is 0 Å². The van der Waals surface area contributed by atoms with Crippen molar-refractivity contribution in [2.75, 3.05) is 0 Å². The highest BCUT2D eigenvalue weighted by Crippen LogP contribution is 2.32. The molecule has 0 aliphatic carbocycles. The fraction of sp³-hybridized carbons (Fsp3) is 0.0909. The lowest BCUT2D eigenvalue weighted by Crippen LogP contribution is -2.42. The average molecular weight is 741 g/mol. The van der Waals surface area contributed by atoms with E-state index < -0.39 is 116 Å². The molecule has 2 unspecified atom stereocenters. The van der Waals surface area contributed by atoms with Crippen LogP contribution in [0, 0.1) is 0 Å². The number of carboxylic acid groups (broad SMARTS) is 4. The molecule has 2 atom stereocenters. The summed E-state index contributed by atoms with van der Waals surface area (Å²) in [6.45, 7) is 0. The van der Waals surface area contributed by atoms with Crippen LogP contribution in [-0.4, -0.2) is 103 Å². The maximum absolute atomic E-state index is 12.3. The molecule has 0 aromatic heterocycles. The number of phenols is 8. The van der Waals surface area contributed by atoms with Gasteiger partial charge in [-0.05, 0) is 59.7 Å². The van der Waals surface area contributed by atoms with Crippen molar-refractivity contribution >= 4 is 35.7 Å². The highest BCUT2D eigenvalue weighted by molar-refractivity contribution is 6.04. The summed E-state index contributed by atoms with van der Waals surface area (Å²) in [5.74, 6) is -13.6. The highest BCUT2D eigenvalue weighted by Gasteiger charge is 2.28. The fourth-order valence-corrected chi connectivity index (χ4v) is 4.49. The Kier molecular flexibility index (Phi) is 12.1. The molecule has 0 fully saturated rings. The number of carbonyl (C=O) groups is 6. The number of hydrogen-bond acceptors (Lipinski definition) is 14. The topological polar surface area (TPSA) is 369 Å². The molecule has 0 saturated heterocycles.